The second-order valence-corrected chi connectivity index (χ2v) is 11.2. The number of ketones is 1. The van der Waals surface area contributed by atoms with Crippen molar-refractivity contribution in [3.05, 3.63) is 47.5 Å². The van der Waals surface area contributed by atoms with E-state index in [0.717, 1.165) is 16.7 Å². The molecular weight excluding hydrogens is 464 g/mol. The highest BCUT2D eigenvalue weighted by Crippen LogP contribution is 2.74. The van der Waals surface area contributed by atoms with Crippen LogP contribution in [0.25, 0.3) is 0 Å². The number of hydrogen-bond donors (Lipinski definition) is 0. The molecule has 1 saturated carbocycles. The first-order chi connectivity index (χ1) is 16.8. The van der Waals surface area contributed by atoms with Crippen molar-refractivity contribution in [3.63, 3.8) is 0 Å². The Balaban J connectivity index is 1.96. The van der Waals surface area contributed by atoms with E-state index in [4.69, 9.17) is 18.6 Å². The third kappa shape index (κ3) is 3.26. The fraction of sp³-hybridized carbons (Fsp3) is 0.571. The van der Waals surface area contributed by atoms with Crippen molar-refractivity contribution in [2.75, 3.05) is 14.2 Å². The van der Waals surface area contributed by atoms with Gasteiger partial charge in [0.15, 0.2) is 5.78 Å². The molecule has 1 aliphatic heterocycles. The van der Waals surface area contributed by atoms with E-state index >= 15 is 0 Å². The molecule has 0 N–H and O–H groups in total. The molecule has 0 amide bonds. The molecule has 36 heavy (non-hydrogen) atoms. The summed E-state index contributed by atoms with van der Waals surface area (Å²) in [6.45, 7) is 9.13. The van der Waals surface area contributed by atoms with Gasteiger partial charge in [0.05, 0.1) is 38.6 Å². The van der Waals surface area contributed by atoms with Crippen LogP contribution < -0.4 is 0 Å². The molecule has 8 nitrogen and oxygen atoms in total. The molecule has 0 aromatic carbocycles. The van der Waals surface area contributed by atoms with Crippen LogP contribution in [-0.4, -0.2) is 37.9 Å². The minimum absolute atomic E-state index is 0.163. The first kappa shape index (κ1) is 25.9. The molecule has 1 fully saturated rings. The van der Waals surface area contributed by atoms with Gasteiger partial charge in [0, 0.05) is 27.9 Å². The number of rotatable bonds is 6. The van der Waals surface area contributed by atoms with Gasteiger partial charge >= 0.3 is 17.9 Å². The zero-order valence-electron chi connectivity index (χ0n) is 21.9. The van der Waals surface area contributed by atoms with Crippen molar-refractivity contribution >= 4 is 23.7 Å². The average Bonchev–Trinajstić information content (AvgIpc) is 3.51. The number of fused-ring (bicyclic) bond motifs is 2. The van der Waals surface area contributed by atoms with E-state index in [-0.39, 0.29) is 12.2 Å². The van der Waals surface area contributed by atoms with Crippen LogP contribution in [-0.2, 0) is 33.4 Å². The average molecular weight is 499 g/mol. The van der Waals surface area contributed by atoms with E-state index < -0.39 is 51.6 Å². The standard InChI is InChI=1S/C28H34O8/c1-16-12-20(29)27(5,18(13-21(30)33-6)25(2,3)24(32)34-7)28(16)10-9-26(4)19(28)14-22(31)36-23(26)17-8-11-35-15-17/h8,11-12,14-15,18,23H,9-10,13H2,1-7H3/t18-,23-,26+,27+,28+/m0/s1. The van der Waals surface area contributed by atoms with Crippen molar-refractivity contribution < 1.29 is 37.8 Å². The Labute approximate surface area is 211 Å². The van der Waals surface area contributed by atoms with Crippen molar-refractivity contribution in [1.82, 2.24) is 0 Å². The van der Waals surface area contributed by atoms with Crippen LogP contribution in [0, 0.1) is 27.6 Å². The van der Waals surface area contributed by atoms with E-state index in [1.54, 1.807) is 32.3 Å². The summed E-state index contributed by atoms with van der Waals surface area (Å²) in [6.07, 6.45) is 6.63. The lowest BCUT2D eigenvalue weighted by molar-refractivity contribution is -0.165. The number of carbonyl (C=O) groups is 4. The van der Waals surface area contributed by atoms with Crippen LogP contribution in [0.3, 0.4) is 0 Å². The zero-order chi connectivity index (χ0) is 26.7. The largest absolute Gasteiger partial charge is 0.472 e. The van der Waals surface area contributed by atoms with E-state index in [1.165, 1.54) is 26.6 Å². The van der Waals surface area contributed by atoms with Crippen LogP contribution in [0.4, 0.5) is 0 Å². The van der Waals surface area contributed by atoms with Gasteiger partial charge in [-0.2, -0.15) is 0 Å². The van der Waals surface area contributed by atoms with E-state index in [1.807, 2.05) is 20.8 Å². The molecule has 194 valence electrons. The smallest absolute Gasteiger partial charge is 0.331 e. The predicted octanol–water partition coefficient (Wildman–Crippen LogP) is 4.50. The normalized spacial score (nSPS) is 32.5. The number of allylic oxidation sites excluding steroid dienone is 2. The summed E-state index contributed by atoms with van der Waals surface area (Å²) in [4.78, 5) is 52.6. The minimum Gasteiger partial charge on any atom is -0.472 e. The first-order valence-corrected chi connectivity index (χ1v) is 12.1. The van der Waals surface area contributed by atoms with Gasteiger partial charge in [0.25, 0.3) is 0 Å². The van der Waals surface area contributed by atoms with Crippen molar-refractivity contribution in [2.24, 2.45) is 27.6 Å². The van der Waals surface area contributed by atoms with Gasteiger partial charge in [0.2, 0.25) is 0 Å². The molecule has 8 heteroatoms. The van der Waals surface area contributed by atoms with E-state index in [2.05, 4.69) is 0 Å². The summed E-state index contributed by atoms with van der Waals surface area (Å²) in [7, 11) is 2.57. The second kappa shape index (κ2) is 8.46. The number of furan rings is 1. The Morgan fingerprint density at radius 2 is 1.83 bits per heavy atom. The lowest BCUT2D eigenvalue weighted by Crippen LogP contribution is -2.55. The summed E-state index contributed by atoms with van der Waals surface area (Å²) < 4.78 is 21.2. The van der Waals surface area contributed by atoms with Crippen LogP contribution in [0.1, 0.15) is 65.5 Å². The molecule has 5 atom stereocenters. The number of cyclic esters (lactones) is 1. The summed E-state index contributed by atoms with van der Waals surface area (Å²) >= 11 is 0. The molecule has 0 bridgehead atoms. The number of carbonyl (C=O) groups excluding carboxylic acids is 4. The van der Waals surface area contributed by atoms with Crippen molar-refractivity contribution in [1.29, 1.82) is 0 Å². The van der Waals surface area contributed by atoms with Crippen molar-refractivity contribution in [3.8, 4) is 0 Å². The fourth-order valence-electron chi connectivity index (χ4n) is 7.37. The maximum absolute atomic E-state index is 14.0. The Bertz CT molecular complexity index is 1170. The Morgan fingerprint density at radius 3 is 2.42 bits per heavy atom. The number of ether oxygens (including phenoxy) is 3. The SMILES string of the molecule is COC(=O)C[C@@H](C(C)(C)C(=O)OC)[C@]1(C)C(=O)C=C(C)[C@@]12CC[C@]1(C)C2=CC(=O)O[C@H]1c1ccoc1. The zero-order valence-corrected chi connectivity index (χ0v) is 21.9. The predicted molar refractivity (Wildman–Crippen MR) is 128 cm³/mol. The van der Waals surface area contributed by atoms with E-state index in [0.29, 0.717) is 12.8 Å². The molecule has 2 aliphatic carbocycles. The molecule has 0 radical (unpaired) electrons. The summed E-state index contributed by atoms with van der Waals surface area (Å²) in [5.41, 5.74) is -1.63. The molecule has 2 heterocycles. The van der Waals surface area contributed by atoms with Gasteiger partial charge in [0.1, 0.15) is 6.10 Å². The van der Waals surface area contributed by atoms with Gasteiger partial charge in [-0.3, -0.25) is 14.4 Å². The topological polar surface area (TPSA) is 109 Å². The van der Waals surface area contributed by atoms with Gasteiger partial charge in [-0.1, -0.05) is 19.4 Å². The fourth-order valence-corrected chi connectivity index (χ4v) is 7.37. The molecule has 4 rings (SSSR count). The third-order valence-corrected chi connectivity index (χ3v) is 9.31. The maximum Gasteiger partial charge on any atom is 0.331 e. The molecule has 1 aromatic heterocycles. The molecule has 1 aromatic rings. The third-order valence-electron chi connectivity index (χ3n) is 9.31. The molecule has 0 saturated heterocycles. The number of hydrogen-bond acceptors (Lipinski definition) is 8. The van der Waals surface area contributed by atoms with Crippen LogP contribution >= 0.6 is 0 Å². The Kier molecular flexibility index (Phi) is 6.09. The van der Waals surface area contributed by atoms with Gasteiger partial charge in [-0.15, -0.1) is 0 Å². The summed E-state index contributed by atoms with van der Waals surface area (Å²) in [5.74, 6) is -2.52. The van der Waals surface area contributed by atoms with Gasteiger partial charge < -0.3 is 18.6 Å². The Hall–Kier alpha value is -3.16. The van der Waals surface area contributed by atoms with Gasteiger partial charge in [-0.05, 0) is 57.2 Å². The van der Waals surface area contributed by atoms with Crippen LogP contribution in [0.2, 0.25) is 0 Å². The quantitative estimate of drug-likeness (QED) is 0.416. The maximum atomic E-state index is 14.0. The first-order valence-electron chi connectivity index (χ1n) is 12.1. The lowest BCUT2D eigenvalue weighted by Gasteiger charge is -2.53. The van der Waals surface area contributed by atoms with Gasteiger partial charge in [-0.25, -0.2) is 4.79 Å². The lowest BCUT2D eigenvalue weighted by atomic mass is 9.48. The molecule has 0 unspecified atom stereocenters. The molecular formula is C28H34O8. The second-order valence-electron chi connectivity index (χ2n) is 11.2. The highest BCUT2D eigenvalue weighted by atomic mass is 16.5. The highest BCUT2D eigenvalue weighted by Gasteiger charge is 2.71. The number of methoxy groups -OCH3 is 2. The summed E-state index contributed by atoms with van der Waals surface area (Å²) in [6, 6.07) is 1.78. The van der Waals surface area contributed by atoms with Crippen LogP contribution in [0.5, 0.6) is 0 Å². The molecule has 1 spiro atoms. The van der Waals surface area contributed by atoms with E-state index in [9.17, 15) is 19.2 Å². The number of esters is 3. The monoisotopic (exact) mass is 498 g/mol. The van der Waals surface area contributed by atoms with Crippen molar-refractivity contribution in [2.45, 2.75) is 60.0 Å². The Morgan fingerprint density at radius 1 is 1.14 bits per heavy atom. The van der Waals surface area contributed by atoms with Crippen LogP contribution in [0.15, 0.2) is 46.3 Å². The highest BCUT2D eigenvalue weighted by molar-refractivity contribution is 6.02. The molecule has 3 aliphatic rings. The summed E-state index contributed by atoms with van der Waals surface area (Å²) in [5, 5.41) is 0. The minimum atomic E-state index is -1.23.